The molecular weight excluding hydrogens is 446 g/mol. The fourth-order valence-corrected chi connectivity index (χ4v) is 4.87. The summed E-state index contributed by atoms with van der Waals surface area (Å²) in [4.78, 5) is 26.9. The number of hydrogen-bond acceptors (Lipinski definition) is 6. The van der Waals surface area contributed by atoms with Gasteiger partial charge in [-0.1, -0.05) is 32.0 Å². The van der Waals surface area contributed by atoms with Crippen LogP contribution in [0.25, 0.3) is 0 Å². The number of anilines is 1. The van der Waals surface area contributed by atoms with E-state index in [-0.39, 0.29) is 0 Å². The van der Waals surface area contributed by atoms with Crippen LogP contribution in [0.1, 0.15) is 37.8 Å². The van der Waals surface area contributed by atoms with Gasteiger partial charge in [-0.2, -0.15) is 8.42 Å². The highest BCUT2D eigenvalue weighted by molar-refractivity contribution is 7.90. The maximum Gasteiger partial charge on any atom is 0.415 e. The van der Waals surface area contributed by atoms with Crippen molar-refractivity contribution in [2.24, 2.45) is 11.1 Å². The molecule has 1 saturated heterocycles. The molecule has 0 aliphatic carbocycles. The lowest BCUT2D eigenvalue weighted by atomic mass is 9.69. The normalized spacial score (nSPS) is 19.5. The molecule has 0 spiro atoms. The van der Waals surface area contributed by atoms with Crippen LogP contribution in [-0.4, -0.2) is 38.5 Å². The Labute approximate surface area is 193 Å². The molecule has 1 amide bonds. The van der Waals surface area contributed by atoms with E-state index in [9.17, 15) is 18.0 Å². The number of esters is 1. The average molecular weight is 474 g/mol. The minimum atomic E-state index is -3.90. The summed E-state index contributed by atoms with van der Waals surface area (Å²) in [5.74, 6) is -0.208. The molecule has 1 fully saturated rings. The van der Waals surface area contributed by atoms with Crippen LogP contribution in [0.3, 0.4) is 0 Å². The number of carbonyl (C=O) groups is 2. The first-order valence-corrected chi connectivity index (χ1v) is 12.3. The van der Waals surface area contributed by atoms with Crippen LogP contribution in [0.2, 0.25) is 0 Å². The predicted molar refractivity (Wildman–Crippen MR) is 122 cm³/mol. The monoisotopic (exact) mass is 473 g/mol. The molecule has 2 aliphatic heterocycles. The molecule has 1 unspecified atom stereocenters. The van der Waals surface area contributed by atoms with Gasteiger partial charge in [0.25, 0.3) is 10.2 Å². The molecule has 2 aliphatic rings. The van der Waals surface area contributed by atoms with Gasteiger partial charge in [0.15, 0.2) is 0 Å². The number of rotatable bonds is 5. The summed E-state index contributed by atoms with van der Waals surface area (Å²) in [6, 6.07) is 11.8. The highest BCUT2D eigenvalue weighted by Crippen LogP contribution is 2.45. The van der Waals surface area contributed by atoms with Gasteiger partial charge in [-0.05, 0) is 43.0 Å². The van der Waals surface area contributed by atoms with E-state index in [1.54, 1.807) is 35.2 Å². The molecule has 3 N–H and O–H groups in total. The molecule has 0 radical (unpaired) electrons. The molecule has 2 aromatic rings. The number of nitrogens with one attached hydrogen (secondary N) is 1. The smallest absolute Gasteiger partial charge is 0.415 e. The zero-order chi connectivity index (χ0) is 23.8. The van der Waals surface area contributed by atoms with E-state index >= 15 is 0 Å². The Morgan fingerprint density at radius 2 is 1.94 bits per heavy atom. The van der Waals surface area contributed by atoms with E-state index in [2.05, 4.69) is 4.72 Å². The topological polar surface area (TPSA) is 128 Å². The zero-order valence-electron chi connectivity index (χ0n) is 18.5. The average Bonchev–Trinajstić information content (AvgIpc) is 3.25. The van der Waals surface area contributed by atoms with Crippen molar-refractivity contribution in [1.29, 1.82) is 0 Å². The van der Waals surface area contributed by atoms with Gasteiger partial charge < -0.3 is 14.4 Å². The molecule has 0 aromatic heterocycles. The van der Waals surface area contributed by atoms with Crippen LogP contribution in [0, 0.1) is 5.92 Å². The quantitative estimate of drug-likeness (QED) is 0.508. The lowest BCUT2D eigenvalue weighted by molar-refractivity contribution is -0.143. The maximum absolute atomic E-state index is 13.0. The van der Waals surface area contributed by atoms with Gasteiger partial charge in [-0.15, -0.1) is 0 Å². The van der Waals surface area contributed by atoms with E-state index in [0.29, 0.717) is 36.7 Å². The van der Waals surface area contributed by atoms with Gasteiger partial charge in [0, 0.05) is 35.8 Å². The van der Waals surface area contributed by atoms with E-state index in [0.717, 1.165) is 24.0 Å². The SMILES string of the molecule is CC1(C)c2ccc(OC(=O)N3CCCC3)cc2OC(=O)C1Cc1cccc(NS(N)(=O)=O)c1. The highest BCUT2D eigenvalue weighted by atomic mass is 32.2. The van der Waals surface area contributed by atoms with E-state index in [1.807, 2.05) is 26.0 Å². The van der Waals surface area contributed by atoms with E-state index in [1.165, 1.54) is 0 Å². The number of fused-ring (bicyclic) bond motifs is 1. The number of ether oxygens (including phenoxy) is 2. The van der Waals surface area contributed by atoms with E-state index < -0.39 is 33.6 Å². The molecule has 2 aromatic carbocycles. The number of benzene rings is 2. The second-order valence-electron chi connectivity index (χ2n) is 8.97. The minimum Gasteiger partial charge on any atom is -0.426 e. The molecule has 2 heterocycles. The Bertz CT molecular complexity index is 1190. The van der Waals surface area contributed by atoms with Gasteiger partial charge in [0.05, 0.1) is 5.92 Å². The maximum atomic E-state index is 13.0. The molecule has 33 heavy (non-hydrogen) atoms. The van der Waals surface area contributed by atoms with Crippen molar-refractivity contribution < 1.29 is 27.5 Å². The van der Waals surface area contributed by atoms with E-state index in [4.69, 9.17) is 14.6 Å². The fraction of sp³-hybridized carbons (Fsp3) is 0.391. The third-order valence-electron chi connectivity index (χ3n) is 6.21. The summed E-state index contributed by atoms with van der Waals surface area (Å²) in [6.45, 7) is 5.28. The Balaban J connectivity index is 1.54. The standard InChI is InChI=1S/C23H27N3O6S/c1-23(2)18-9-8-17(31-22(28)26-10-3-4-11-26)14-20(18)32-21(27)19(23)13-15-6-5-7-16(12-15)25-33(24,29)30/h5-9,12,14,19,25H,3-4,10-11,13H2,1-2H3,(H2,24,29,30). The van der Waals surface area contributed by atoms with Crippen LogP contribution in [0.5, 0.6) is 11.5 Å². The second kappa shape index (κ2) is 8.68. The first-order chi connectivity index (χ1) is 15.5. The third-order valence-corrected chi connectivity index (χ3v) is 6.73. The van der Waals surface area contributed by atoms with Crippen molar-refractivity contribution in [3.05, 3.63) is 53.6 Å². The largest absolute Gasteiger partial charge is 0.426 e. The van der Waals surface area contributed by atoms with Crippen LogP contribution in [-0.2, 0) is 26.8 Å². The third kappa shape index (κ3) is 5.12. The lowest BCUT2D eigenvalue weighted by Gasteiger charge is -2.38. The summed E-state index contributed by atoms with van der Waals surface area (Å²) in [7, 11) is -3.90. The molecule has 1 atom stereocenters. The Morgan fingerprint density at radius 3 is 2.64 bits per heavy atom. The van der Waals surface area contributed by atoms with Gasteiger partial charge in [0.2, 0.25) is 0 Å². The van der Waals surface area contributed by atoms with Crippen molar-refractivity contribution in [1.82, 2.24) is 4.90 Å². The molecule has 4 rings (SSSR count). The van der Waals surface area contributed by atoms with Crippen molar-refractivity contribution in [2.45, 2.75) is 38.5 Å². The second-order valence-corrected chi connectivity index (χ2v) is 10.3. The number of amides is 1. The number of nitrogens with two attached hydrogens (primary N) is 1. The first kappa shape index (κ1) is 23.1. The number of nitrogens with zero attached hydrogens (tertiary/aromatic N) is 1. The molecule has 9 nitrogen and oxygen atoms in total. The van der Waals surface area contributed by atoms with Crippen molar-refractivity contribution in [3.63, 3.8) is 0 Å². The van der Waals surface area contributed by atoms with Crippen LogP contribution in [0.15, 0.2) is 42.5 Å². The molecule has 10 heteroatoms. The fourth-order valence-electron chi connectivity index (χ4n) is 4.41. The van der Waals surface area contributed by atoms with Crippen LogP contribution in [0.4, 0.5) is 10.5 Å². The number of likely N-dealkylation sites (tertiary alicyclic amines) is 1. The molecular formula is C23H27N3O6S. The molecule has 0 saturated carbocycles. The van der Waals surface area contributed by atoms with Crippen molar-refractivity contribution in [3.8, 4) is 11.5 Å². The number of hydrogen-bond donors (Lipinski definition) is 2. The summed E-state index contributed by atoms with van der Waals surface area (Å²) < 4.78 is 36.0. The van der Waals surface area contributed by atoms with Gasteiger partial charge in [-0.25, -0.2) is 9.93 Å². The van der Waals surface area contributed by atoms with Gasteiger partial charge >= 0.3 is 12.1 Å². The summed E-state index contributed by atoms with van der Waals surface area (Å²) >= 11 is 0. The lowest BCUT2D eigenvalue weighted by Crippen LogP contribution is -2.43. The van der Waals surface area contributed by atoms with Gasteiger partial charge in [0.1, 0.15) is 11.5 Å². The van der Waals surface area contributed by atoms with Crippen molar-refractivity contribution in [2.75, 3.05) is 17.8 Å². The molecule has 0 bridgehead atoms. The number of carbonyl (C=O) groups excluding carboxylic acids is 2. The highest BCUT2D eigenvalue weighted by Gasteiger charge is 2.44. The van der Waals surface area contributed by atoms with Crippen LogP contribution < -0.4 is 19.3 Å². The van der Waals surface area contributed by atoms with Gasteiger partial charge in [-0.3, -0.25) is 9.52 Å². The summed E-state index contributed by atoms with van der Waals surface area (Å²) in [6.07, 6.45) is 1.87. The minimum absolute atomic E-state index is 0.321. The summed E-state index contributed by atoms with van der Waals surface area (Å²) in [5.41, 5.74) is 1.33. The Kier molecular flexibility index (Phi) is 6.06. The predicted octanol–water partition coefficient (Wildman–Crippen LogP) is 2.95. The Morgan fingerprint density at radius 1 is 1.21 bits per heavy atom. The van der Waals surface area contributed by atoms with Crippen molar-refractivity contribution >= 4 is 28.0 Å². The summed E-state index contributed by atoms with van der Waals surface area (Å²) in [5, 5.41) is 5.05. The van der Waals surface area contributed by atoms with Crippen LogP contribution >= 0.6 is 0 Å². The first-order valence-electron chi connectivity index (χ1n) is 10.8. The Hall–Kier alpha value is -3.11. The molecule has 176 valence electrons. The zero-order valence-corrected chi connectivity index (χ0v) is 19.4.